The van der Waals surface area contributed by atoms with Crippen molar-refractivity contribution in [1.82, 2.24) is 10.3 Å². The summed E-state index contributed by atoms with van der Waals surface area (Å²) in [4.78, 5) is 15.4. The molecule has 0 aliphatic rings. The summed E-state index contributed by atoms with van der Waals surface area (Å²) in [5.41, 5.74) is 0.576. The van der Waals surface area contributed by atoms with E-state index in [1.165, 1.54) is 0 Å². The molecule has 0 aliphatic heterocycles. The van der Waals surface area contributed by atoms with Crippen molar-refractivity contribution in [2.45, 2.75) is 31.7 Å². The summed E-state index contributed by atoms with van der Waals surface area (Å²) in [7, 11) is 0. The van der Waals surface area contributed by atoms with Crippen LogP contribution < -0.4 is 5.32 Å². The third-order valence-corrected chi connectivity index (χ3v) is 2.40. The van der Waals surface area contributed by atoms with E-state index in [1.807, 2.05) is 26.0 Å². The molecule has 4 heteroatoms. The van der Waals surface area contributed by atoms with Gasteiger partial charge in [0.1, 0.15) is 5.38 Å². The molecule has 1 rings (SSSR count). The van der Waals surface area contributed by atoms with Gasteiger partial charge in [-0.05, 0) is 38.5 Å². The molecule has 1 aromatic rings. The van der Waals surface area contributed by atoms with Gasteiger partial charge in [0.15, 0.2) is 0 Å². The van der Waals surface area contributed by atoms with Crippen LogP contribution in [0.5, 0.6) is 0 Å². The maximum absolute atomic E-state index is 11.5. The molecule has 1 amide bonds. The predicted molar refractivity (Wildman–Crippen MR) is 60.7 cm³/mol. The average molecular weight is 227 g/mol. The molecular formula is C11H15ClN2O. The molecule has 0 saturated carbocycles. The van der Waals surface area contributed by atoms with Crippen molar-refractivity contribution in [2.24, 2.45) is 0 Å². The van der Waals surface area contributed by atoms with Gasteiger partial charge in [0.2, 0.25) is 5.91 Å². The molecule has 1 N–H and O–H groups in total. The summed E-state index contributed by atoms with van der Waals surface area (Å²) in [5, 5.41) is 2.35. The lowest BCUT2D eigenvalue weighted by atomic mass is 9.95. The van der Waals surface area contributed by atoms with Crippen molar-refractivity contribution in [3.63, 3.8) is 0 Å². The van der Waals surface area contributed by atoms with Crippen molar-refractivity contribution < 1.29 is 4.79 Å². The highest BCUT2D eigenvalue weighted by Gasteiger charge is 2.24. The first-order chi connectivity index (χ1) is 6.93. The van der Waals surface area contributed by atoms with Crippen molar-refractivity contribution in [2.75, 3.05) is 0 Å². The molecule has 0 spiro atoms. The van der Waals surface area contributed by atoms with Gasteiger partial charge in [-0.2, -0.15) is 0 Å². The van der Waals surface area contributed by atoms with Crippen LogP contribution in [0.3, 0.4) is 0 Å². The Morgan fingerprint density at radius 2 is 2.00 bits per heavy atom. The Hall–Kier alpha value is -1.09. The number of nitrogens with one attached hydrogen (secondary N) is 1. The van der Waals surface area contributed by atoms with Crippen LogP contribution in [-0.4, -0.2) is 16.3 Å². The zero-order chi connectivity index (χ0) is 11.5. The van der Waals surface area contributed by atoms with Crippen LogP contribution in [-0.2, 0) is 10.3 Å². The van der Waals surface area contributed by atoms with Gasteiger partial charge in [0, 0.05) is 12.4 Å². The van der Waals surface area contributed by atoms with E-state index >= 15 is 0 Å². The molecule has 0 radical (unpaired) electrons. The summed E-state index contributed by atoms with van der Waals surface area (Å²) in [6, 6.07) is 3.75. The summed E-state index contributed by atoms with van der Waals surface area (Å²) < 4.78 is 0. The summed E-state index contributed by atoms with van der Waals surface area (Å²) in [6.07, 6.45) is 3.40. The van der Waals surface area contributed by atoms with E-state index in [0.717, 1.165) is 5.56 Å². The van der Waals surface area contributed by atoms with Gasteiger partial charge in [-0.1, -0.05) is 0 Å². The van der Waals surface area contributed by atoms with Crippen LogP contribution in [0.15, 0.2) is 24.5 Å². The number of rotatable bonds is 3. The van der Waals surface area contributed by atoms with E-state index in [4.69, 9.17) is 11.6 Å². The smallest absolute Gasteiger partial charge is 0.238 e. The Morgan fingerprint density at radius 3 is 2.47 bits per heavy atom. The van der Waals surface area contributed by atoms with Crippen molar-refractivity contribution in [3.8, 4) is 0 Å². The molecule has 15 heavy (non-hydrogen) atoms. The minimum Gasteiger partial charge on any atom is -0.346 e. The number of amides is 1. The maximum atomic E-state index is 11.5. The van der Waals surface area contributed by atoms with E-state index in [9.17, 15) is 4.79 Å². The first-order valence-electron chi connectivity index (χ1n) is 4.80. The minimum atomic E-state index is -0.522. The molecule has 0 saturated heterocycles. The highest BCUT2D eigenvalue weighted by atomic mass is 35.5. The average Bonchev–Trinajstić information content (AvgIpc) is 2.18. The Balaban J connectivity index is 2.80. The Morgan fingerprint density at radius 1 is 1.47 bits per heavy atom. The molecule has 1 unspecified atom stereocenters. The van der Waals surface area contributed by atoms with Gasteiger partial charge in [-0.25, -0.2) is 0 Å². The van der Waals surface area contributed by atoms with E-state index in [-0.39, 0.29) is 5.91 Å². The molecule has 1 aromatic heterocycles. The number of carbonyl (C=O) groups excluding carboxylic acids is 1. The normalized spacial score (nSPS) is 13.3. The van der Waals surface area contributed by atoms with Gasteiger partial charge in [-0.3, -0.25) is 9.78 Å². The maximum Gasteiger partial charge on any atom is 0.238 e. The number of pyridine rings is 1. The van der Waals surface area contributed by atoms with Crippen LogP contribution in [0.25, 0.3) is 0 Å². The van der Waals surface area contributed by atoms with Gasteiger partial charge in [-0.15, -0.1) is 11.6 Å². The quantitative estimate of drug-likeness (QED) is 0.802. The Labute approximate surface area is 94.9 Å². The summed E-state index contributed by atoms with van der Waals surface area (Å²) in [5.74, 6) is -0.168. The van der Waals surface area contributed by atoms with Crippen LogP contribution in [0.4, 0.5) is 0 Å². The van der Waals surface area contributed by atoms with Crippen LogP contribution >= 0.6 is 11.6 Å². The molecule has 0 aromatic carbocycles. The lowest BCUT2D eigenvalue weighted by Crippen LogP contribution is -2.43. The molecule has 0 bridgehead atoms. The Kier molecular flexibility index (Phi) is 3.69. The van der Waals surface area contributed by atoms with Crippen LogP contribution in [0, 0.1) is 0 Å². The zero-order valence-electron chi connectivity index (χ0n) is 9.12. The Bertz CT molecular complexity index is 336. The minimum absolute atomic E-state index is 0.168. The number of hydrogen-bond acceptors (Lipinski definition) is 2. The SMILES string of the molecule is CC(Cl)C(=O)NC(C)(C)c1ccncc1. The van der Waals surface area contributed by atoms with Crippen LogP contribution in [0.1, 0.15) is 26.3 Å². The fourth-order valence-corrected chi connectivity index (χ4v) is 1.30. The lowest BCUT2D eigenvalue weighted by molar-refractivity contribution is -0.122. The first-order valence-corrected chi connectivity index (χ1v) is 5.24. The number of carbonyl (C=O) groups is 1. The fraction of sp³-hybridized carbons (Fsp3) is 0.455. The molecule has 82 valence electrons. The van der Waals surface area contributed by atoms with E-state index in [1.54, 1.807) is 19.3 Å². The second-order valence-corrected chi connectivity index (χ2v) is 4.62. The monoisotopic (exact) mass is 226 g/mol. The summed E-state index contributed by atoms with van der Waals surface area (Å²) in [6.45, 7) is 5.51. The first kappa shape index (κ1) is 12.0. The topological polar surface area (TPSA) is 42.0 Å². The number of aromatic nitrogens is 1. The second-order valence-electron chi connectivity index (χ2n) is 3.97. The van der Waals surface area contributed by atoms with E-state index < -0.39 is 10.9 Å². The lowest BCUT2D eigenvalue weighted by Gasteiger charge is -2.27. The predicted octanol–water partition coefficient (Wildman–Crippen LogP) is 2.06. The van der Waals surface area contributed by atoms with Gasteiger partial charge < -0.3 is 5.32 Å². The highest BCUT2D eigenvalue weighted by Crippen LogP contribution is 2.19. The van der Waals surface area contributed by atoms with Crippen molar-refractivity contribution in [1.29, 1.82) is 0 Å². The van der Waals surface area contributed by atoms with Crippen molar-refractivity contribution >= 4 is 17.5 Å². The zero-order valence-corrected chi connectivity index (χ0v) is 9.88. The number of halogens is 1. The highest BCUT2D eigenvalue weighted by molar-refractivity contribution is 6.30. The fourth-order valence-electron chi connectivity index (χ4n) is 1.25. The standard InChI is InChI=1S/C11H15ClN2O/c1-8(12)10(15)14-11(2,3)9-4-6-13-7-5-9/h4-8H,1-3H3,(H,14,15). The third kappa shape index (κ3) is 3.20. The number of nitrogens with zero attached hydrogens (tertiary/aromatic N) is 1. The van der Waals surface area contributed by atoms with Gasteiger partial charge >= 0.3 is 0 Å². The van der Waals surface area contributed by atoms with Gasteiger partial charge in [0.05, 0.1) is 5.54 Å². The molecule has 1 heterocycles. The molecule has 3 nitrogen and oxygen atoms in total. The largest absolute Gasteiger partial charge is 0.346 e. The molecule has 1 atom stereocenters. The van der Waals surface area contributed by atoms with Crippen molar-refractivity contribution in [3.05, 3.63) is 30.1 Å². The molecular weight excluding hydrogens is 212 g/mol. The third-order valence-electron chi connectivity index (χ3n) is 2.20. The molecule has 0 fully saturated rings. The second kappa shape index (κ2) is 4.62. The number of alkyl halides is 1. The number of hydrogen-bond donors (Lipinski definition) is 1. The summed E-state index contributed by atoms with van der Waals surface area (Å²) >= 11 is 5.70. The van der Waals surface area contributed by atoms with Gasteiger partial charge in [0.25, 0.3) is 0 Å². The van der Waals surface area contributed by atoms with E-state index in [2.05, 4.69) is 10.3 Å². The molecule has 0 aliphatic carbocycles. The van der Waals surface area contributed by atoms with Crippen LogP contribution in [0.2, 0.25) is 0 Å². The van der Waals surface area contributed by atoms with E-state index in [0.29, 0.717) is 0 Å².